The van der Waals surface area contributed by atoms with Crippen molar-refractivity contribution in [2.24, 2.45) is 0 Å². The zero-order valence-corrected chi connectivity index (χ0v) is 20.7. The van der Waals surface area contributed by atoms with E-state index >= 15 is 0 Å². The highest BCUT2D eigenvalue weighted by Gasteiger charge is 2.30. The molecule has 0 bridgehead atoms. The van der Waals surface area contributed by atoms with Gasteiger partial charge >= 0.3 is 0 Å². The molecule has 4 rings (SSSR count). The summed E-state index contributed by atoms with van der Waals surface area (Å²) in [6.45, 7) is 8.53. The molecule has 0 unspecified atom stereocenters. The number of para-hydroxylation sites is 1. The maximum Gasteiger partial charge on any atom is 0.131 e. The van der Waals surface area contributed by atoms with Gasteiger partial charge in [0, 0.05) is 16.7 Å². The summed E-state index contributed by atoms with van der Waals surface area (Å²) in [6.07, 6.45) is 13.7. The fourth-order valence-corrected chi connectivity index (χ4v) is 5.82. The van der Waals surface area contributed by atoms with Gasteiger partial charge in [-0.05, 0) is 76.8 Å². The summed E-state index contributed by atoms with van der Waals surface area (Å²) in [5.41, 5.74) is 5.47. The van der Waals surface area contributed by atoms with Crippen LogP contribution in [0.2, 0.25) is 0 Å². The van der Waals surface area contributed by atoms with Gasteiger partial charge in [-0.25, -0.2) is 0 Å². The van der Waals surface area contributed by atoms with Gasteiger partial charge in [0.15, 0.2) is 0 Å². The molecule has 0 spiro atoms. The van der Waals surface area contributed by atoms with E-state index in [4.69, 9.17) is 9.47 Å². The first kappa shape index (κ1) is 23.2. The van der Waals surface area contributed by atoms with E-state index in [-0.39, 0.29) is 12.2 Å². The van der Waals surface area contributed by atoms with Crippen LogP contribution in [0.4, 0.5) is 0 Å². The van der Waals surface area contributed by atoms with Gasteiger partial charge in [-0.1, -0.05) is 68.9 Å². The standard InChI is InChI=1S/C30H42O2/c1-21(2)31-28-18-12-11-17-26(28)27-20-19-25(23-13-7-5-8-14-23)29(30(27)32-22(3)4)24-15-9-6-10-16-24/h11-12,17-24H,5-10,13-16H2,1-4H3. The van der Waals surface area contributed by atoms with E-state index in [0.717, 1.165) is 17.1 Å². The quantitative estimate of drug-likeness (QED) is 0.433. The molecule has 0 heterocycles. The Kier molecular flexibility index (Phi) is 7.81. The summed E-state index contributed by atoms with van der Waals surface area (Å²) in [4.78, 5) is 0. The molecule has 0 aliphatic heterocycles. The lowest BCUT2D eigenvalue weighted by Gasteiger charge is -2.33. The van der Waals surface area contributed by atoms with E-state index in [1.54, 1.807) is 5.56 Å². The summed E-state index contributed by atoms with van der Waals surface area (Å²) in [5.74, 6) is 3.39. The molecule has 0 radical (unpaired) electrons. The molecule has 2 aromatic rings. The fraction of sp³-hybridized carbons (Fsp3) is 0.600. The van der Waals surface area contributed by atoms with Gasteiger partial charge < -0.3 is 9.47 Å². The van der Waals surface area contributed by atoms with Crippen molar-refractivity contribution in [2.45, 2.75) is 116 Å². The lowest BCUT2D eigenvalue weighted by molar-refractivity contribution is 0.235. The van der Waals surface area contributed by atoms with Crippen molar-refractivity contribution in [1.29, 1.82) is 0 Å². The second-order valence-corrected chi connectivity index (χ2v) is 10.4. The first-order valence-corrected chi connectivity index (χ1v) is 13.1. The van der Waals surface area contributed by atoms with E-state index in [2.05, 4.69) is 64.1 Å². The Morgan fingerprint density at radius 1 is 0.625 bits per heavy atom. The molecule has 2 nitrogen and oxygen atoms in total. The minimum atomic E-state index is 0.143. The van der Waals surface area contributed by atoms with Gasteiger partial charge in [-0.2, -0.15) is 0 Å². The van der Waals surface area contributed by atoms with Gasteiger partial charge in [0.05, 0.1) is 12.2 Å². The number of rotatable bonds is 7. The Balaban J connectivity index is 1.89. The third-order valence-electron chi connectivity index (χ3n) is 7.18. The summed E-state index contributed by atoms with van der Waals surface area (Å²) >= 11 is 0. The minimum Gasteiger partial charge on any atom is -0.490 e. The van der Waals surface area contributed by atoms with Crippen LogP contribution in [-0.2, 0) is 0 Å². The van der Waals surface area contributed by atoms with Crippen molar-refractivity contribution in [2.75, 3.05) is 0 Å². The first-order valence-electron chi connectivity index (χ1n) is 13.1. The fourth-order valence-electron chi connectivity index (χ4n) is 5.82. The SMILES string of the molecule is CC(C)Oc1ccccc1-c1ccc(C2CCCCC2)c(C2CCCCC2)c1OC(C)C. The van der Waals surface area contributed by atoms with Crippen LogP contribution >= 0.6 is 0 Å². The lowest BCUT2D eigenvalue weighted by Crippen LogP contribution is -2.17. The van der Waals surface area contributed by atoms with Crippen molar-refractivity contribution in [3.63, 3.8) is 0 Å². The van der Waals surface area contributed by atoms with Crippen LogP contribution in [0.25, 0.3) is 11.1 Å². The monoisotopic (exact) mass is 434 g/mol. The van der Waals surface area contributed by atoms with E-state index in [1.807, 2.05) is 0 Å². The zero-order valence-electron chi connectivity index (χ0n) is 20.7. The normalized spacial score (nSPS) is 18.3. The third kappa shape index (κ3) is 5.33. The molecule has 0 atom stereocenters. The lowest BCUT2D eigenvalue weighted by atomic mass is 9.74. The molecule has 2 heteroatoms. The molecule has 2 aliphatic carbocycles. The molecule has 2 saturated carbocycles. The zero-order chi connectivity index (χ0) is 22.5. The Morgan fingerprint density at radius 2 is 1.22 bits per heavy atom. The summed E-state index contributed by atoms with van der Waals surface area (Å²) in [5, 5.41) is 0. The number of hydrogen-bond acceptors (Lipinski definition) is 2. The maximum absolute atomic E-state index is 6.72. The van der Waals surface area contributed by atoms with Gasteiger partial charge in [-0.3, -0.25) is 0 Å². The third-order valence-corrected chi connectivity index (χ3v) is 7.18. The minimum absolute atomic E-state index is 0.143. The largest absolute Gasteiger partial charge is 0.490 e. The van der Waals surface area contributed by atoms with Crippen molar-refractivity contribution in [3.05, 3.63) is 47.5 Å². The van der Waals surface area contributed by atoms with Gasteiger partial charge in [0.1, 0.15) is 11.5 Å². The molecular formula is C30H42O2. The number of hydrogen-bond donors (Lipinski definition) is 0. The Bertz CT molecular complexity index is 870. The van der Waals surface area contributed by atoms with Crippen LogP contribution in [-0.4, -0.2) is 12.2 Å². The highest BCUT2D eigenvalue weighted by molar-refractivity contribution is 5.78. The molecule has 0 amide bonds. The van der Waals surface area contributed by atoms with E-state index in [0.29, 0.717) is 11.8 Å². The second kappa shape index (κ2) is 10.8. The predicted molar refractivity (Wildman–Crippen MR) is 135 cm³/mol. The second-order valence-electron chi connectivity index (χ2n) is 10.4. The van der Waals surface area contributed by atoms with E-state index in [9.17, 15) is 0 Å². The smallest absolute Gasteiger partial charge is 0.131 e. The van der Waals surface area contributed by atoms with Crippen molar-refractivity contribution < 1.29 is 9.47 Å². The molecule has 0 N–H and O–H groups in total. The van der Waals surface area contributed by atoms with Gasteiger partial charge in [-0.15, -0.1) is 0 Å². The molecule has 174 valence electrons. The highest BCUT2D eigenvalue weighted by atomic mass is 16.5. The Morgan fingerprint density at radius 3 is 1.84 bits per heavy atom. The molecule has 2 fully saturated rings. The molecule has 2 aliphatic rings. The van der Waals surface area contributed by atoms with Crippen molar-refractivity contribution in [3.8, 4) is 22.6 Å². The first-order chi connectivity index (χ1) is 15.5. The number of ether oxygens (including phenoxy) is 2. The molecule has 0 saturated heterocycles. The predicted octanol–water partition coefficient (Wildman–Crippen LogP) is 9.02. The summed E-state index contributed by atoms with van der Waals surface area (Å²) < 4.78 is 13.0. The van der Waals surface area contributed by atoms with Crippen molar-refractivity contribution >= 4 is 0 Å². The van der Waals surface area contributed by atoms with Gasteiger partial charge in [0.2, 0.25) is 0 Å². The Labute approximate surface area is 195 Å². The topological polar surface area (TPSA) is 18.5 Å². The van der Waals surface area contributed by atoms with Gasteiger partial charge in [0.25, 0.3) is 0 Å². The summed E-state index contributed by atoms with van der Waals surface area (Å²) in [7, 11) is 0. The summed E-state index contributed by atoms with van der Waals surface area (Å²) in [6, 6.07) is 13.3. The van der Waals surface area contributed by atoms with Crippen LogP contribution < -0.4 is 9.47 Å². The highest BCUT2D eigenvalue weighted by Crippen LogP contribution is 2.49. The average molecular weight is 435 g/mol. The van der Waals surface area contributed by atoms with Crippen LogP contribution in [0.3, 0.4) is 0 Å². The van der Waals surface area contributed by atoms with Crippen LogP contribution in [0.1, 0.15) is 115 Å². The molecule has 32 heavy (non-hydrogen) atoms. The van der Waals surface area contributed by atoms with Crippen LogP contribution in [0.5, 0.6) is 11.5 Å². The maximum atomic E-state index is 6.72. The van der Waals surface area contributed by atoms with E-state index in [1.165, 1.54) is 75.3 Å². The van der Waals surface area contributed by atoms with E-state index < -0.39 is 0 Å². The van der Waals surface area contributed by atoms with Crippen LogP contribution in [0.15, 0.2) is 36.4 Å². The Hall–Kier alpha value is -1.96. The van der Waals surface area contributed by atoms with Crippen LogP contribution in [0, 0.1) is 0 Å². The van der Waals surface area contributed by atoms with Crippen molar-refractivity contribution in [1.82, 2.24) is 0 Å². The molecular weight excluding hydrogens is 392 g/mol. The molecule has 2 aromatic carbocycles. The number of benzene rings is 2. The molecule has 0 aromatic heterocycles. The average Bonchev–Trinajstić information content (AvgIpc) is 2.80.